The first-order valence-corrected chi connectivity index (χ1v) is 6.29. The fraction of sp³-hybridized carbons (Fsp3) is 0.176. The van der Waals surface area contributed by atoms with Gasteiger partial charge in [0.25, 0.3) is 0 Å². The van der Waals surface area contributed by atoms with Crippen LogP contribution in [0.4, 0.5) is 0 Å². The van der Waals surface area contributed by atoms with E-state index in [2.05, 4.69) is 4.74 Å². The minimum atomic E-state index is 0. The van der Waals surface area contributed by atoms with E-state index in [-0.39, 0.29) is 33.9 Å². The molecule has 1 radical (unpaired) electrons. The van der Waals surface area contributed by atoms with Crippen molar-refractivity contribution in [1.82, 2.24) is 0 Å². The number of phenolic OH excluding ortho intramolecular Hbond substituents is 2. The monoisotopic (exact) mass is 379 g/mol. The van der Waals surface area contributed by atoms with E-state index in [1.165, 1.54) is 6.07 Å². The molecule has 0 saturated carbocycles. The first-order valence-electron chi connectivity index (χ1n) is 6.29. The van der Waals surface area contributed by atoms with E-state index in [0.717, 1.165) is 11.1 Å². The second kappa shape index (κ2) is 11.2. The van der Waals surface area contributed by atoms with Crippen LogP contribution in [0.5, 0.6) is 11.5 Å². The van der Waals surface area contributed by atoms with Crippen molar-refractivity contribution in [1.29, 1.82) is 0 Å². The third-order valence-electron chi connectivity index (χ3n) is 2.43. The summed E-state index contributed by atoms with van der Waals surface area (Å²) >= 11 is 0. The fourth-order valence-corrected chi connectivity index (χ4v) is 1.67. The van der Waals surface area contributed by atoms with Gasteiger partial charge in [0.1, 0.15) is 11.5 Å². The number of hydrogen-bond acceptors (Lipinski definition) is 3. The molecule has 0 aliphatic heterocycles. The summed E-state index contributed by atoms with van der Waals surface area (Å²) in [4.78, 5) is 0. The van der Waals surface area contributed by atoms with Gasteiger partial charge in [-0.3, -0.25) is 0 Å². The largest absolute Gasteiger partial charge is 0.508 e. The Bertz CT molecular complexity index is 519. The number of allylic oxidation sites excluding steroid dienone is 1. The Hall–Kier alpha value is -1.52. The minimum Gasteiger partial charge on any atom is -0.508 e. The number of rotatable bonds is 3. The van der Waals surface area contributed by atoms with E-state index in [1.54, 1.807) is 26.4 Å². The van der Waals surface area contributed by atoms with Crippen LogP contribution in [0.3, 0.4) is 0 Å². The van der Waals surface area contributed by atoms with Crippen LogP contribution >= 0.6 is 0 Å². The molecule has 2 aromatic carbocycles. The Balaban J connectivity index is 0.000000922. The van der Waals surface area contributed by atoms with Crippen molar-refractivity contribution in [3.8, 4) is 11.5 Å². The molecule has 0 fully saturated rings. The topological polar surface area (TPSA) is 49.7 Å². The van der Waals surface area contributed by atoms with Crippen molar-refractivity contribution >= 4 is 6.08 Å². The van der Waals surface area contributed by atoms with Crippen LogP contribution in [0.25, 0.3) is 6.08 Å². The molecule has 0 spiro atoms. The Morgan fingerprint density at radius 3 is 2.00 bits per heavy atom. The van der Waals surface area contributed by atoms with E-state index in [9.17, 15) is 10.2 Å². The Labute approximate surface area is 141 Å². The first kappa shape index (κ1) is 19.5. The molecule has 21 heavy (non-hydrogen) atoms. The molecule has 0 atom stereocenters. The van der Waals surface area contributed by atoms with Crippen LogP contribution in [0.1, 0.15) is 11.1 Å². The summed E-state index contributed by atoms with van der Waals surface area (Å²) in [5, 5.41) is 18.7. The predicted molar refractivity (Wildman–Crippen MR) is 81.9 cm³/mol. The normalized spacial score (nSPS) is 9.62. The summed E-state index contributed by atoms with van der Waals surface area (Å²) in [6.07, 6.45) is 4.70. The summed E-state index contributed by atoms with van der Waals surface area (Å²) in [6, 6.07) is 14.6. The van der Waals surface area contributed by atoms with Crippen LogP contribution in [0.15, 0.2) is 54.6 Å². The van der Waals surface area contributed by atoms with Gasteiger partial charge in [-0.25, -0.2) is 0 Å². The maximum atomic E-state index is 9.33. The second-order valence-electron chi connectivity index (χ2n) is 4.28. The van der Waals surface area contributed by atoms with Crippen molar-refractivity contribution in [2.24, 2.45) is 0 Å². The van der Waals surface area contributed by atoms with Gasteiger partial charge in [-0.05, 0) is 29.7 Å². The Morgan fingerprint density at radius 1 is 0.952 bits per heavy atom. The van der Waals surface area contributed by atoms with Crippen molar-refractivity contribution < 1.29 is 37.3 Å². The molecule has 0 saturated heterocycles. The minimum absolute atomic E-state index is 0. The van der Waals surface area contributed by atoms with E-state index in [4.69, 9.17) is 0 Å². The average molecular weight is 380 g/mol. The number of benzene rings is 2. The maximum absolute atomic E-state index is 9.33. The molecule has 3 nitrogen and oxygen atoms in total. The first-order chi connectivity index (χ1) is 9.65. The molecule has 0 aliphatic rings. The molecule has 4 heteroatoms. The second-order valence-corrected chi connectivity index (χ2v) is 4.28. The number of methoxy groups -OCH3 is 1. The molecule has 0 heterocycles. The zero-order chi connectivity index (χ0) is 14.8. The molecular formula is C17H20AgO3. The standard InChI is InChI=1S/C15H14O2.C2H6O.Ag/c16-14-9-13(10-15(17)11-14)8-4-7-12-5-2-1-3-6-12;1-3-2;/h1-7,9-11,16-17H,8H2;1-2H3;/b7-4+;;. The molecule has 0 unspecified atom stereocenters. The summed E-state index contributed by atoms with van der Waals surface area (Å²) in [5.74, 6) is 0.182. The molecule has 0 aliphatic carbocycles. The summed E-state index contributed by atoms with van der Waals surface area (Å²) in [5.41, 5.74) is 2.02. The molecule has 2 aromatic rings. The molecule has 0 amide bonds. The maximum Gasteiger partial charge on any atom is 0.119 e. The number of aromatic hydroxyl groups is 2. The van der Waals surface area contributed by atoms with Gasteiger partial charge >= 0.3 is 0 Å². The third kappa shape index (κ3) is 8.38. The SMILES string of the molecule is COC.Oc1cc(O)cc(C/C=C/c2ccccc2)c1.[Ag]. The van der Waals surface area contributed by atoms with Gasteiger partial charge in [-0.15, -0.1) is 0 Å². The summed E-state index contributed by atoms with van der Waals surface area (Å²) in [6.45, 7) is 0. The predicted octanol–water partition coefficient (Wildman–Crippen LogP) is 3.61. The summed E-state index contributed by atoms with van der Waals surface area (Å²) < 4.78 is 4.25. The zero-order valence-electron chi connectivity index (χ0n) is 12.1. The number of phenols is 2. The molecule has 2 N–H and O–H groups in total. The van der Waals surface area contributed by atoms with Crippen LogP contribution in [0.2, 0.25) is 0 Å². The third-order valence-corrected chi connectivity index (χ3v) is 2.43. The molecular weight excluding hydrogens is 360 g/mol. The van der Waals surface area contributed by atoms with Crippen molar-refractivity contribution in [2.75, 3.05) is 14.2 Å². The van der Waals surface area contributed by atoms with Crippen molar-refractivity contribution in [3.63, 3.8) is 0 Å². The van der Waals surface area contributed by atoms with Gasteiger partial charge in [0, 0.05) is 42.7 Å². The molecule has 0 aromatic heterocycles. The molecule has 2 rings (SSSR count). The van der Waals surface area contributed by atoms with Crippen LogP contribution in [-0.4, -0.2) is 24.4 Å². The molecule has 117 valence electrons. The van der Waals surface area contributed by atoms with Gasteiger partial charge in [0.15, 0.2) is 0 Å². The van der Waals surface area contributed by atoms with Gasteiger partial charge in [0.2, 0.25) is 0 Å². The quantitative estimate of drug-likeness (QED) is 0.800. The van der Waals surface area contributed by atoms with Gasteiger partial charge in [-0.2, -0.15) is 0 Å². The average Bonchev–Trinajstić information content (AvgIpc) is 2.40. The zero-order valence-corrected chi connectivity index (χ0v) is 13.6. The van der Waals surface area contributed by atoms with Gasteiger partial charge in [-0.1, -0.05) is 42.5 Å². The van der Waals surface area contributed by atoms with Gasteiger partial charge in [0.05, 0.1) is 0 Å². The van der Waals surface area contributed by atoms with E-state index in [1.807, 2.05) is 42.5 Å². The smallest absolute Gasteiger partial charge is 0.119 e. The van der Waals surface area contributed by atoms with Crippen molar-refractivity contribution in [2.45, 2.75) is 6.42 Å². The van der Waals surface area contributed by atoms with Crippen LogP contribution in [0, 0.1) is 0 Å². The van der Waals surface area contributed by atoms with E-state index < -0.39 is 0 Å². The van der Waals surface area contributed by atoms with E-state index >= 15 is 0 Å². The van der Waals surface area contributed by atoms with E-state index in [0.29, 0.717) is 6.42 Å². The van der Waals surface area contributed by atoms with Crippen LogP contribution < -0.4 is 0 Å². The summed E-state index contributed by atoms with van der Waals surface area (Å²) in [7, 11) is 3.25. The van der Waals surface area contributed by atoms with Crippen LogP contribution in [-0.2, 0) is 33.5 Å². The Kier molecular flexibility index (Phi) is 10.4. The van der Waals surface area contributed by atoms with Gasteiger partial charge < -0.3 is 14.9 Å². The molecule has 0 bridgehead atoms. The fourth-order valence-electron chi connectivity index (χ4n) is 1.67. The number of ether oxygens (including phenoxy) is 1. The number of hydrogen-bond donors (Lipinski definition) is 2. The van der Waals surface area contributed by atoms with Crippen molar-refractivity contribution in [3.05, 3.63) is 65.7 Å². The Morgan fingerprint density at radius 2 is 1.48 bits per heavy atom.